The van der Waals surface area contributed by atoms with Crippen molar-refractivity contribution in [1.82, 2.24) is 5.32 Å². The molecule has 1 amide bonds. The maximum absolute atomic E-state index is 12.1. The summed E-state index contributed by atoms with van der Waals surface area (Å²) in [6.07, 6.45) is 0. The number of nitrogens with one attached hydrogen (secondary N) is 1. The van der Waals surface area contributed by atoms with E-state index in [9.17, 15) is 4.79 Å². The normalized spacial score (nSPS) is 11.3. The molecule has 0 spiro atoms. The molecule has 2 N–H and O–H groups in total. The molecule has 3 nitrogen and oxygen atoms in total. The van der Waals surface area contributed by atoms with E-state index in [-0.39, 0.29) is 18.4 Å². The summed E-state index contributed by atoms with van der Waals surface area (Å²) >= 11 is 1.52. The van der Waals surface area contributed by atoms with Crippen molar-refractivity contribution in [1.29, 1.82) is 0 Å². The Labute approximate surface area is 128 Å². The van der Waals surface area contributed by atoms with Crippen molar-refractivity contribution in [3.8, 4) is 11.8 Å². The van der Waals surface area contributed by atoms with Crippen molar-refractivity contribution in [2.45, 2.75) is 19.4 Å². The summed E-state index contributed by atoms with van der Waals surface area (Å²) in [6, 6.07) is 13.6. The van der Waals surface area contributed by atoms with E-state index in [2.05, 4.69) is 17.2 Å². The van der Waals surface area contributed by atoms with Gasteiger partial charge >= 0.3 is 0 Å². The summed E-state index contributed by atoms with van der Waals surface area (Å²) in [5.41, 5.74) is 1.01. The molecule has 0 fully saturated rings. The van der Waals surface area contributed by atoms with Crippen molar-refractivity contribution in [3.05, 3.63) is 57.8 Å². The molecule has 0 bridgehead atoms. The lowest BCUT2D eigenvalue weighted by atomic mass is 10.0. The van der Waals surface area contributed by atoms with Crippen molar-refractivity contribution < 1.29 is 9.90 Å². The largest absolute Gasteiger partial charge is 0.384 e. The van der Waals surface area contributed by atoms with Crippen molar-refractivity contribution in [3.63, 3.8) is 0 Å². The van der Waals surface area contributed by atoms with Crippen molar-refractivity contribution in [2.75, 3.05) is 6.61 Å². The highest BCUT2D eigenvalue weighted by Gasteiger charge is 2.14. The molecule has 1 heterocycles. The lowest BCUT2D eigenvalue weighted by Gasteiger charge is -2.11. The zero-order valence-electron chi connectivity index (χ0n) is 11.8. The van der Waals surface area contributed by atoms with Gasteiger partial charge in [-0.25, -0.2) is 0 Å². The molecule has 0 aliphatic rings. The Morgan fingerprint density at radius 1 is 1.29 bits per heavy atom. The summed E-state index contributed by atoms with van der Waals surface area (Å²) in [5, 5.41) is 11.6. The number of benzene rings is 1. The van der Waals surface area contributed by atoms with Crippen LogP contribution in [0, 0.1) is 11.8 Å². The molecule has 0 saturated heterocycles. The smallest absolute Gasteiger partial charge is 0.227 e. The van der Waals surface area contributed by atoms with Crippen molar-refractivity contribution in [2.24, 2.45) is 0 Å². The number of carbonyl (C=O) groups is 1. The van der Waals surface area contributed by atoms with Crippen LogP contribution in [0.1, 0.15) is 28.2 Å². The highest BCUT2D eigenvalue weighted by molar-refractivity contribution is 7.12. The SMILES string of the molecule is CC(C(=O)NCc1ccc(C#CCO)s1)c1ccccc1. The van der Waals surface area contributed by atoms with Gasteiger partial charge < -0.3 is 10.4 Å². The molecule has 0 aliphatic carbocycles. The number of thiophene rings is 1. The fourth-order valence-corrected chi connectivity index (χ4v) is 2.71. The minimum absolute atomic E-state index is 0.0117. The Balaban J connectivity index is 1.90. The predicted molar refractivity (Wildman–Crippen MR) is 85.0 cm³/mol. The third-order valence-corrected chi connectivity index (χ3v) is 4.08. The third-order valence-electron chi connectivity index (χ3n) is 3.08. The van der Waals surface area contributed by atoms with Crippen LogP contribution in [0.5, 0.6) is 0 Å². The Bertz CT molecular complexity index is 652. The summed E-state index contributed by atoms with van der Waals surface area (Å²) in [4.78, 5) is 14.1. The van der Waals surface area contributed by atoms with Gasteiger partial charge in [-0.2, -0.15) is 0 Å². The Morgan fingerprint density at radius 2 is 2.05 bits per heavy atom. The summed E-state index contributed by atoms with van der Waals surface area (Å²) in [6.45, 7) is 2.26. The van der Waals surface area contributed by atoms with Crippen LogP contribution in [-0.2, 0) is 11.3 Å². The molecule has 1 aromatic carbocycles. The number of hydrogen-bond acceptors (Lipinski definition) is 3. The summed E-state index contributed by atoms with van der Waals surface area (Å²) in [5.74, 6) is 5.31. The highest BCUT2D eigenvalue weighted by Crippen LogP contribution is 2.17. The van der Waals surface area contributed by atoms with Crippen LogP contribution in [-0.4, -0.2) is 17.6 Å². The summed E-state index contributed by atoms with van der Waals surface area (Å²) in [7, 11) is 0. The molecule has 108 valence electrons. The van der Waals surface area contributed by atoms with Gasteiger partial charge in [-0.15, -0.1) is 11.3 Å². The second-order valence-electron chi connectivity index (χ2n) is 4.58. The molecule has 4 heteroatoms. The van der Waals surface area contributed by atoms with E-state index < -0.39 is 0 Å². The average molecular weight is 299 g/mol. The molecule has 0 radical (unpaired) electrons. The van der Waals surface area contributed by atoms with Gasteiger partial charge in [-0.1, -0.05) is 42.2 Å². The van der Waals surface area contributed by atoms with E-state index >= 15 is 0 Å². The maximum atomic E-state index is 12.1. The van der Waals surface area contributed by atoms with Gasteiger partial charge in [0, 0.05) is 4.88 Å². The number of aliphatic hydroxyl groups excluding tert-OH is 1. The number of amides is 1. The Kier molecular flexibility index (Phi) is 5.56. The van der Waals surface area contributed by atoms with Crippen LogP contribution in [0.2, 0.25) is 0 Å². The first kappa shape index (κ1) is 15.3. The van der Waals surface area contributed by atoms with Gasteiger partial charge in [0.1, 0.15) is 6.61 Å². The second kappa shape index (κ2) is 7.63. The molecule has 2 rings (SSSR count). The Morgan fingerprint density at radius 3 is 2.76 bits per heavy atom. The lowest BCUT2D eigenvalue weighted by Crippen LogP contribution is -2.27. The zero-order chi connectivity index (χ0) is 15.1. The average Bonchev–Trinajstić information content (AvgIpc) is 2.98. The van der Waals surface area contributed by atoms with Crippen LogP contribution in [0.3, 0.4) is 0 Å². The van der Waals surface area contributed by atoms with Gasteiger partial charge in [0.05, 0.1) is 17.3 Å². The fourth-order valence-electron chi connectivity index (χ4n) is 1.89. The monoisotopic (exact) mass is 299 g/mol. The predicted octanol–water partition coefficient (Wildman–Crippen LogP) is 2.51. The van der Waals surface area contributed by atoms with Gasteiger partial charge in [-0.05, 0) is 24.6 Å². The van der Waals surface area contributed by atoms with E-state index in [0.717, 1.165) is 15.3 Å². The van der Waals surface area contributed by atoms with E-state index in [4.69, 9.17) is 5.11 Å². The molecule has 0 saturated carbocycles. The molecular formula is C17H17NO2S. The molecule has 21 heavy (non-hydrogen) atoms. The van der Waals surface area contributed by atoms with Gasteiger partial charge in [-0.3, -0.25) is 4.79 Å². The van der Waals surface area contributed by atoms with Gasteiger partial charge in [0.2, 0.25) is 5.91 Å². The Hall–Kier alpha value is -2.09. The molecular weight excluding hydrogens is 282 g/mol. The second-order valence-corrected chi connectivity index (χ2v) is 5.74. The number of aliphatic hydroxyl groups is 1. The quantitative estimate of drug-likeness (QED) is 0.852. The minimum Gasteiger partial charge on any atom is -0.384 e. The molecule has 1 aromatic heterocycles. The molecule has 1 atom stereocenters. The number of hydrogen-bond donors (Lipinski definition) is 2. The minimum atomic E-state index is -0.167. The standard InChI is InChI=1S/C17H17NO2S/c1-13(14-6-3-2-4-7-14)17(20)18-12-16-10-9-15(21-16)8-5-11-19/h2-4,6-7,9-10,13,19H,11-12H2,1H3,(H,18,20). The van der Waals surface area contributed by atoms with Crippen LogP contribution in [0.15, 0.2) is 42.5 Å². The first-order valence-electron chi connectivity index (χ1n) is 6.72. The van der Waals surface area contributed by atoms with Gasteiger partial charge in [0.15, 0.2) is 0 Å². The van der Waals surface area contributed by atoms with E-state index in [1.165, 1.54) is 11.3 Å². The van der Waals surface area contributed by atoms with E-state index in [0.29, 0.717) is 6.54 Å². The van der Waals surface area contributed by atoms with Crippen LogP contribution < -0.4 is 5.32 Å². The van der Waals surface area contributed by atoms with Crippen LogP contribution in [0.25, 0.3) is 0 Å². The molecule has 0 aliphatic heterocycles. The number of carbonyl (C=O) groups excluding carboxylic acids is 1. The van der Waals surface area contributed by atoms with Crippen molar-refractivity contribution >= 4 is 17.2 Å². The zero-order valence-corrected chi connectivity index (χ0v) is 12.6. The first-order valence-corrected chi connectivity index (χ1v) is 7.53. The van der Waals surface area contributed by atoms with E-state index in [1.54, 1.807) is 0 Å². The first-order chi connectivity index (χ1) is 10.2. The lowest BCUT2D eigenvalue weighted by molar-refractivity contribution is -0.122. The molecule has 1 unspecified atom stereocenters. The van der Waals surface area contributed by atoms with Crippen LogP contribution >= 0.6 is 11.3 Å². The third kappa shape index (κ3) is 4.45. The number of rotatable bonds is 4. The fraction of sp³-hybridized carbons (Fsp3) is 0.235. The molecule has 2 aromatic rings. The van der Waals surface area contributed by atoms with E-state index in [1.807, 2.05) is 49.4 Å². The maximum Gasteiger partial charge on any atom is 0.227 e. The van der Waals surface area contributed by atoms with Crippen LogP contribution in [0.4, 0.5) is 0 Å². The summed E-state index contributed by atoms with van der Waals surface area (Å²) < 4.78 is 0. The highest BCUT2D eigenvalue weighted by atomic mass is 32.1. The topological polar surface area (TPSA) is 49.3 Å². The van der Waals surface area contributed by atoms with Gasteiger partial charge in [0.25, 0.3) is 0 Å².